The quantitative estimate of drug-likeness (QED) is 0.240. The molecule has 1 atom stereocenters. The van der Waals surface area contributed by atoms with Gasteiger partial charge in [-0.3, -0.25) is 4.79 Å². The third kappa shape index (κ3) is 8.98. The van der Waals surface area contributed by atoms with Crippen molar-refractivity contribution < 1.29 is 24.2 Å². The Morgan fingerprint density at radius 3 is 2.58 bits per heavy atom. The molecule has 1 aliphatic heterocycles. The molecule has 1 aromatic rings. The summed E-state index contributed by atoms with van der Waals surface area (Å²) in [5.74, 6) is -0.0853. The van der Waals surface area contributed by atoms with Gasteiger partial charge in [-0.1, -0.05) is 36.9 Å². The molecule has 6 heteroatoms. The van der Waals surface area contributed by atoms with Crippen LogP contribution < -0.4 is 5.32 Å². The van der Waals surface area contributed by atoms with E-state index in [-0.39, 0.29) is 22.8 Å². The second kappa shape index (κ2) is 13.8. The van der Waals surface area contributed by atoms with Crippen molar-refractivity contribution in [1.29, 1.82) is 0 Å². The minimum atomic E-state index is -0.931. The Balaban J connectivity index is 1.83. The molecule has 33 heavy (non-hydrogen) atoms. The molecule has 1 unspecified atom stereocenters. The molecule has 6 nitrogen and oxygen atoms in total. The Morgan fingerprint density at radius 2 is 1.94 bits per heavy atom. The summed E-state index contributed by atoms with van der Waals surface area (Å²) in [6.45, 7) is 9.94. The van der Waals surface area contributed by atoms with Crippen LogP contribution in [0.2, 0.25) is 0 Å². The number of nitrogens with one attached hydrogen (secondary N) is 1. The first kappa shape index (κ1) is 26.6. The lowest BCUT2D eigenvalue weighted by Gasteiger charge is -2.36. The SMILES string of the molecule is C=C(/C=C\C=C/C)OCCCC1(C(=O)CNC(C)Cc2ccc(C(=O)O)cc2)CCOCC1. The van der Waals surface area contributed by atoms with Gasteiger partial charge in [0.25, 0.3) is 0 Å². The van der Waals surface area contributed by atoms with Gasteiger partial charge in [-0.05, 0) is 69.7 Å². The predicted molar refractivity (Wildman–Crippen MR) is 130 cm³/mol. The number of Topliss-reactive ketones (excluding diaryl/α,β-unsaturated/α-hetero) is 1. The van der Waals surface area contributed by atoms with Crippen molar-refractivity contribution in [2.24, 2.45) is 5.41 Å². The van der Waals surface area contributed by atoms with E-state index in [1.165, 1.54) is 0 Å². The third-order valence-electron chi connectivity index (χ3n) is 6.07. The van der Waals surface area contributed by atoms with Crippen molar-refractivity contribution in [3.63, 3.8) is 0 Å². The summed E-state index contributed by atoms with van der Waals surface area (Å²) in [6, 6.07) is 6.96. The van der Waals surface area contributed by atoms with E-state index in [2.05, 4.69) is 11.9 Å². The average molecular weight is 456 g/mol. The number of carboxylic acid groups (broad SMARTS) is 1. The second-order valence-corrected chi connectivity index (χ2v) is 8.61. The topological polar surface area (TPSA) is 84.9 Å². The molecule has 1 fully saturated rings. The Labute approximate surface area is 197 Å². The van der Waals surface area contributed by atoms with Crippen molar-refractivity contribution in [3.05, 3.63) is 72.0 Å². The number of hydrogen-bond donors (Lipinski definition) is 2. The molecular weight excluding hydrogens is 418 g/mol. The summed E-state index contributed by atoms with van der Waals surface area (Å²) in [7, 11) is 0. The molecule has 0 aliphatic carbocycles. The van der Waals surface area contributed by atoms with Crippen molar-refractivity contribution in [3.8, 4) is 0 Å². The van der Waals surface area contributed by atoms with E-state index < -0.39 is 5.97 Å². The molecule has 0 amide bonds. The number of benzene rings is 1. The van der Waals surface area contributed by atoms with Crippen LogP contribution in [0.25, 0.3) is 0 Å². The fraction of sp³-hybridized carbons (Fsp3) is 0.481. The summed E-state index contributed by atoms with van der Waals surface area (Å²) in [5.41, 5.74) is 0.936. The highest BCUT2D eigenvalue weighted by atomic mass is 16.5. The van der Waals surface area contributed by atoms with Crippen molar-refractivity contribution in [1.82, 2.24) is 5.32 Å². The van der Waals surface area contributed by atoms with E-state index in [0.717, 1.165) is 37.7 Å². The largest absolute Gasteiger partial charge is 0.494 e. The molecule has 1 aromatic carbocycles. The van der Waals surface area contributed by atoms with Gasteiger partial charge in [0.05, 0.1) is 18.7 Å². The van der Waals surface area contributed by atoms with Gasteiger partial charge < -0.3 is 19.9 Å². The van der Waals surface area contributed by atoms with Crippen LogP contribution in [0.3, 0.4) is 0 Å². The number of aromatic carboxylic acids is 1. The summed E-state index contributed by atoms with van der Waals surface area (Å²) in [5, 5.41) is 12.4. The molecule has 0 bridgehead atoms. The van der Waals surface area contributed by atoms with Crippen LogP contribution in [0.5, 0.6) is 0 Å². The lowest BCUT2D eigenvalue weighted by atomic mass is 9.73. The van der Waals surface area contributed by atoms with Crippen molar-refractivity contribution >= 4 is 11.8 Å². The smallest absolute Gasteiger partial charge is 0.335 e. The number of carbonyl (C=O) groups is 2. The first-order valence-electron chi connectivity index (χ1n) is 11.6. The summed E-state index contributed by atoms with van der Waals surface area (Å²) in [4.78, 5) is 24.2. The highest BCUT2D eigenvalue weighted by molar-refractivity contribution is 5.87. The van der Waals surface area contributed by atoms with Crippen LogP contribution in [-0.2, 0) is 20.7 Å². The van der Waals surface area contributed by atoms with Crippen LogP contribution in [0, 0.1) is 5.41 Å². The molecule has 2 rings (SSSR count). The Morgan fingerprint density at radius 1 is 1.24 bits per heavy atom. The number of ketones is 1. The molecule has 1 heterocycles. The number of carboxylic acids is 1. The van der Waals surface area contributed by atoms with Crippen LogP contribution >= 0.6 is 0 Å². The molecule has 180 valence electrons. The lowest BCUT2D eigenvalue weighted by Crippen LogP contribution is -2.44. The van der Waals surface area contributed by atoms with Crippen LogP contribution in [0.4, 0.5) is 0 Å². The first-order valence-corrected chi connectivity index (χ1v) is 11.6. The summed E-state index contributed by atoms with van der Waals surface area (Å²) < 4.78 is 11.2. The number of rotatable bonds is 14. The number of allylic oxidation sites excluding steroid dienone is 4. The molecule has 0 saturated carbocycles. The molecule has 0 spiro atoms. The average Bonchev–Trinajstić information content (AvgIpc) is 2.81. The van der Waals surface area contributed by atoms with Gasteiger partial charge in [0, 0.05) is 24.7 Å². The highest BCUT2D eigenvalue weighted by Crippen LogP contribution is 2.36. The first-order chi connectivity index (χ1) is 15.9. The summed E-state index contributed by atoms with van der Waals surface area (Å²) in [6.07, 6.45) is 11.3. The van der Waals surface area contributed by atoms with E-state index in [1.54, 1.807) is 12.1 Å². The Kier molecular flexibility index (Phi) is 11.1. The fourth-order valence-corrected chi connectivity index (χ4v) is 4.03. The number of hydrogen-bond acceptors (Lipinski definition) is 5. The van der Waals surface area contributed by atoms with Crippen LogP contribution in [0.1, 0.15) is 55.5 Å². The van der Waals surface area contributed by atoms with Crippen molar-refractivity contribution in [2.45, 2.75) is 52.0 Å². The van der Waals surface area contributed by atoms with Gasteiger partial charge in [-0.15, -0.1) is 0 Å². The van der Waals surface area contributed by atoms with Gasteiger partial charge >= 0.3 is 5.97 Å². The zero-order valence-corrected chi connectivity index (χ0v) is 19.8. The maximum absolute atomic E-state index is 13.2. The number of ether oxygens (including phenoxy) is 2. The second-order valence-electron chi connectivity index (χ2n) is 8.61. The minimum Gasteiger partial charge on any atom is -0.494 e. The predicted octanol–water partition coefficient (Wildman–Crippen LogP) is 4.71. The van der Waals surface area contributed by atoms with E-state index in [0.29, 0.717) is 32.1 Å². The standard InChI is InChI=1S/C27H37NO5/c1-4-5-6-8-22(3)33-16-7-13-27(14-17-32-18-15-27)25(29)20-28-21(2)19-23-9-11-24(12-10-23)26(30)31/h4-6,8-12,21,28H,3,7,13-20H2,1-2H3,(H,30,31)/b5-4-,8-6-. The summed E-state index contributed by atoms with van der Waals surface area (Å²) >= 11 is 0. The van der Waals surface area contributed by atoms with Gasteiger partial charge in [0.2, 0.25) is 0 Å². The van der Waals surface area contributed by atoms with E-state index in [1.807, 2.05) is 50.3 Å². The van der Waals surface area contributed by atoms with Gasteiger partial charge in [0.15, 0.2) is 5.78 Å². The Hall–Kier alpha value is -2.70. The molecule has 1 aliphatic rings. The molecule has 2 N–H and O–H groups in total. The molecule has 1 saturated heterocycles. The van der Waals surface area contributed by atoms with Crippen molar-refractivity contribution in [2.75, 3.05) is 26.4 Å². The molecule has 0 aromatic heterocycles. The van der Waals surface area contributed by atoms with Gasteiger partial charge in [-0.25, -0.2) is 4.79 Å². The highest BCUT2D eigenvalue weighted by Gasteiger charge is 2.38. The number of carbonyl (C=O) groups excluding carboxylic acids is 1. The van der Waals surface area contributed by atoms with E-state index in [4.69, 9.17) is 14.6 Å². The molecule has 0 radical (unpaired) electrons. The minimum absolute atomic E-state index is 0.0946. The van der Waals surface area contributed by atoms with Gasteiger partial charge in [0.1, 0.15) is 5.76 Å². The van der Waals surface area contributed by atoms with Crippen LogP contribution in [0.15, 0.2) is 60.9 Å². The third-order valence-corrected chi connectivity index (χ3v) is 6.07. The van der Waals surface area contributed by atoms with E-state index in [9.17, 15) is 9.59 Å². The normalized spacial score (nSPS) is 16.7. The lowest BCUT2D eigenvalue weighted by molar-refractivity contribution is -0.134. The maximum Gasteiger partial charge on any atom is 0.335 e. The van der Waals surface area contributed by atoms with E-state index >= 15 is 0 Å². The zero-order chi connectivity index (χ0) is 24.1. The fourth-order valence-electron chi connectivity index (χ4n) is 4.03. The van der Waals surface area contributed by atoms with Crippen LogP contribution in [-0.4, -0.2) is 49.3 Å². The molecular formula is C27H37NO5. The monoisotopic (exact) mass is 455 g/mol. The maximum atomic E-state index is 13.2. The van der Waals surface area contributed by atoms with Gasteiger partial charge in [-0.2, -0.15) is 0 Å². The Bertz CT molecular complexity index is 835. The zero-order valence-electron chi connectivity index (χ0n) is 19.8.